The minimum Gasteiger partial charge on any atom is -0.116 e. The van der Waals surface area contributed by atoms with Gasteiger partial charge in [0.15, 0.2) is 0 Å². The molecule has 4 aliphatic rings. The molecule has 0 aromatic carbocycles. The van der Waals surface area contributed by atoms with Crippen LogP contribution in [0.2, 0.25) is 0 Å². The first kappa shape index (κ1) is 7.53. The Bertz CT molecular complexity index is 660. The summed E-state index contributed by atoms with van der Waals surface area (Å²) in [4.78, 5) is 0. The normalized spacial score (nSPS) is 45.8. The molecule has 4 aliphatic heterocycles. The van der Waals surface area contributed by atoms with Crippen LogP contribution in [0, 0.1) is 0 Å². The van der Waals surface area contributed by atoms with Gasteiger partial charge in [0.25, 0.3) is 0 Å². The molecule has 0 N–H and O–H groups in total. The molecule has 0 saturated carbocycles. The van der Waals surface area contributed by atoms with E-state index < -0.39 is 22.8 Å². The molecular weight excluding hydrogens is 377 g/mol. The molecule has 0 aliphatic carbocycles. The highest BCUT2D eigenvalue weighted by Gasteiger charge is 2.32. The van der Waals surface area contributed by atoms with Crippen LogP contribution in [0.15, 0.2) is 25.4 Å². The first-order chi connectivity index (χ1) is 11.8. The number of thioether (sulfide) groups is 8. The van der Waals surface area contributed by atoms with E-state index in [2.05, 4.69) is 0 Å². The van der Waals surface area contributed by atoms with Crippen LogP contribution in [0.25, 0.3) is 0 Å². The van der Waals surface area contributed by atoms with Crippen molar-refractivity contribution in [3.63, 3.8) is 0 Å². The highest BCUT2D eigenvalue weighted by atomic mass is 32.3. The quantitative estimate of drug-likeness (QED) is 0.466. The number of hydrogen-bond acceptors (Lipinski definition) is 8. The Labute approximate surface area is 152 Å². The van der Waals surface area contributed by atoms with Crippen LogP contribution < -0.4 is 0 Å². The molecule has 0 nitrogen and oxygen atoms in total. The van der Waals surface area contributed by atoms with Crippen molar-refractivity contribution in [2.75, 3.05) is 22.8 Å². The van der Waals surface area contributed by atoms with Crippen LogP contribution >= 0.6 is 94.1 Å². The lowest BCUT2D eigenvalue weighted by molar-refractivity contribution is 1.56. The second-order valence-corrected chi connectivity index (χ2v) is 11.8. The molecule has 0 spiro atoms. The van der Waals surface area contributed by atoms with E-state index in [1.807, 2.05) is 0 Å². The summed E-state index contributed by atoms with van der Waals surface area (Å²) in [6.07, 6.45) is 0. The van der Waals surface area contributed by atoms with Gasteiger partial charge >= 0.3 is 0 Å². The summed E-state index contributed by atoms with van der Waals surface area (Å²) < 4.78 is 68.3. The first-order valence-corrected chi connectivity index (χ1v) is 11.0. The standard InChI is InChI=1S/C10H8S8/c1-2-12-6-5(11-1)15-9(16-6)10-17-7-8(18-10)14-4-3-13-7/h1-4H2/i1D2,2D2,3D2,4D2. The Morgan fingerprint density at radius 2 is 0.778 bits per heavy atom. The summed E-state index contributed by atoms with van der Waals surface area (Å²) in [6.45, 7) is 0. The Morgan fingerprint density at radius 1 is 0.500 bits per heavy atom. The lowest BCUT2D eigenvalue weighted by atomic mass is 11.0. The Hall–Kier alpha value is 2.02. The van der Waals surface area contributed by atoms with E-state index in [4.69, 9.17) is 11.0 Å². The zero-order chi connectivity index (χ0) is 19.1. The maximum Gasteiger partial charge on any atom is 0.0717 e. The van der Waals surface area contributed by atoms with E-state index >= 15 is 0 Å². The van der Waals surface area contributed by atoms with Crippen molar-refractivity contribution in [3.05, 3.63) is 25.4 Å². The van der Waals surface area contributed by atoms with Crippen molar-refractivity contribution in [2.45, 2.75) is 0 Å². The van der Waals surface area contributed by atoms with E-state index in [9.17, 15) is 0 Å². The van der Waals surface area contributed by atoms with Crippen LogP contribution in [0.4, 0.5) is 0 Å². The van der Waals surface area contributed by atoms with E-state index in [-0.39, 0.29) is 0 Å². The molecule has 4 rings (SSSR count). The van der Waals surface area contributed by atoms with E-state index in [0.717, 1.165) is 72.5 Å². The highest BCUT2D eigenvalue weighted by Crippen LogP contribution is 2.67. The molecule has 96 valence electrons. The Balaban J connectivity index is 1.55. The van der Waals surface area contributed by atoms with E-state index in [1.165, 1.54) is 47.0 Å². The van der Waals surface area contributed by atoms with Crippen LogP contribution in [0.5, 0.6) is 0 Å². The van der Waals surface area contributed by atoms with E-state index in [1.54, 1.807) is 0 Å². The average molecular weight is 393 g/mol. The molecule has 0 unspecified atom stereocenters. The van der Waals surface area contributed by atoms with Gasteiger partial charge in [0.05, 0.1) is 25.4 Å². The molecule has 0 saturated heterocycles. The van der Waals surface area contributed by atoms with Crippen molar-refractivity contribution in [3.8, 4) is 0 Å². The highest BCUT2D eigenvalue weighted by molar-refractivity contribution is 8.45. The van der Waals surface area contributed by atoms with Gasteiger partial charge in [0.2, 0.25) is 0 Å². The topological polar surface area (TPSA) is 0 Å². The Kier molecular flexibility index (Phi) is 2.52. The second kappa shape index (κ2) is 6.02. The van der Waals surface area contributed by atoms with Crippen molar-refractivity contribution >= 4 is 94.1 Å². The SMILES string of the molecule is [2H]C1([2H])SC2=C(SC(=C3SC4=C(S3)SC([2H])([2H])C([2H])([2H])S4)S2)SC1([2H])[2H]. The Morgan fingerprint density at radius 3 is 1.06 bits per heavy atom. The molecule has 0 aromatic heterocycles. The molecule has 8 heteroatoms. The van der Waals surface area contributed by atoms with Crippen molar-refractivity contribution in [1.82, 2.24) is 0 Å². The third-order valence-electron chi connectivity index (χ3n) is 1.90. The van der Waals surface area contributed by atoms with Gasteiger partial charge in [-0.25, -0.2) is 0 Å². The zero-order valence-corrected chi connectivity index (χ0v) is 14.8. The monoisotopic (exact) mass is 392 g/mol. The van der Waals surface area contributed by atoms with Gasteiger partial charge in [-0.3, -0.25) is 0 Å². The maximum absolute atomic E-state index is 7.93. The minimum atomic E-state index is -2.00. The fraction of sp³-hybridized carbons (Fsp3) is 0.400. The summed E-state index contributed by atoms with van der Waals surface area (Å²) in [5, 5.41) is 0. The fourth-order valence-corrected chi connectivity index (χ4v) is 11.1. The molecule has 0 atom stereocenters. The molecule has 0 aromatic rings. The van der Waals surface area contributed by atoms with Crippen molar-refractivity contribution < 1.29 is 11.0 Å². The van der Waals surface area contributed by atoms with Crippen LogP contribution in [-0.2, 0) is 0 Å². The van der Waals surface area contributed by atoms with Crippen LogP contribution in [-0.4, -0.2) is 22.8 Å². The minimum absolute atomic E-state index is 0.764. The molecule has 0 radical (unpaired) electrons. The van der Waals surface area contributed by atoms with Gasteiger partial charge in [-0.2, -0.15) is 0 Å². The maximum atomic E-state index is 7.93. The third kappa shape index (κ3) is 2.69. The zero-order valence-electron chi connectivity index (χ0n) is 16.3. The molecule has 0 bridgehead atoms. The lowest BCUT2D eigenvalue weighted by Gasteiger charge is -2.08. The lowest BCUT2D eigenvalue weighted by Crippen LogP contribution is -1.88. The van der Waals surface area contributed by atoms with Gasteiger partial charge in [-0.05, 0) is 0 Å². The molecule has 0 fully saturated rings. The van der Waals surface area contributed by atoms with Crippen LogP contribution in [0.3, 0.4) is 0 Å². The van der Waals surface area contributed by atoms with Crippen molar-refractivity contribution in [1.29, 1.82) is 0 Å². The third-order valence-corrected chi connectivity index (χ3v) is 12.2. The summed E-state index contributed by atoms with van der Waals surface area (Å²) >= 11 is 9.36. The van der Waals surface area contributed by atoms with Crippen LogP contribution in [0.1, 0.15) is 11.0 Å². The average Bonchev–Trinajstić information content (AvgIpc) is 3.01. The molecule has 0 amide bonds. The fourth-order valence-electron chi connectivity index (χ4n) is 1.23. The molecule has 18 heavy (non-hydrogen) atoms. The molecule has 4 heterocycles. The summed E-state index contributed by atoms with van der Waals surface area (Å²) in [5.41, 5.74) is -8.02. The summed E-state index contributed by atoms with van der Waals surface area (Å²) in [6, 6.07) is 0. The van der Waals surface area contributed by atoms with E-state index in [0.29, 0.717) is 0 Å². The van der Waals surface area contributed by atoms with Gasteiger partial charge in [0.1, 0.15) is 0 Å². The summed E-state index contributed by atoms with van der Waals surface area (Å²) in [5.74, 6) is 0. The van der Waals surface area contributed by atoms with Crippen molar-refractivity contribution in [2.24, 2.45) is 0 Å². The smallest absolute Gasteiger partial charge is 0.0717 e. The van der Waals surface area contributed by atoms with Gasteiger partial charge in [-0.15, -0.1) is 47.0 Å². The number of hydrogen-bond donors (Lipinski definition) is 0. The number of rotatable bonds is 0. The predicted molar refractivity (Wildman–Crippen MR) is 101 cm³/mol. The van der Waals surface area contributed by atoms with Gasteiger partial charge in [-0.1, -0.05) is 47.0 Å². The second-order valence-electron chi connectivity index (χ2n) is 2.95. The van der Waals surface area contributed by atoms with Gasteiger partial charge < -0.3 is 0 Å². The predicted octanol–water partition coefficient (Wildman–Crippen LogP) is 6.29. The largest absolute Gasteiger partial charge is 0.116 e. The molecular formula is C10H8S8. The first-order valence-electron chi connectivity index (χ1n) is 8.52. The summed E-state index contributed by atoms with van der Waals surface area (Å²) in [7, 11) is 0. The van der Waals surface area contributed by atoms with Gasteiger partial charge in [0, 0.05) is 33.8 Å².